The Morgan fingerprint density at radius 1 is 1.43 bits per heavy atom. The molecule has 114 valence electrons. The first-order chi connectivity index (χ1) is 9.87. The highest BCUT2D eigenvalue weighted by Gasteiger charge is 2.39. The normalized spacial score (nSPS) is 22.3. The van der Waals surface area contributed by atoms with E-state index in [9.17, 15) is 4.79 Å². The zero-order valence-electron chi connectivity index (χ0n) is 13.3. The van der Waals surface area contributed by atoms with Crippen LogP contribution in [0.2, 0.25) is 0 Å². The molecule has 1 N–H and O–H groups in total. The second-order valence-electron chi connectivity index (χ2n) is 7.06. The van der Waals surface area contributed by atoms with Gasteiger partial charge in [-0.15, -0.1) is 0 Å². The summed E-state index contributed by atoms with van der Waals surface area (Å²) in [7, 11) is 0. The molecule has 3 rings (SSSR count). The van der Waals surface area contributed by atoms with Gasteiger partial charge in [-0.1, -0.05) is 0 Å². The van der Waals surface area contributed by atoms with Gasteiger partial charge < -0.3 is 9.64 Å². The summed E-state index contributed by atoms with van der Waals surface area (Å²) in [5, 5.41) is 7.69. The van der Waals surface area contributed by atoms with Gasteiger partial charge in [-0.05, 0) is 27.7 Å². The topological polar surface area (TPSA) is 58.2 Å². The minimum Gasteiger partial charge on any atom is -0.444 e. The van der Waals surface area contributed by atoms with E-state index < -0.39 is 5.60 Å². The molecule has 1 aliphatic heterocycles. The van der Waals surface area contributed by atoms with Crippen molar-refractivity contribution in [1.29, 1.82) is 0 Å². The van der Waals surface area contributed by atoms with Crippen molar-refractivity contribution >= 4 is 6.09 Å². The van der Waals surface area contributed by atoms with Gasteiger partial charge in [-0.2, -0.15) is 5.10 Å². The van der Waals surface area contributed by atoms with Gasteiger partial charge in [-0.3, -0.25) is 5.10 Å². The number of H-pyrrole nitrogens is 1. The van der Waals surface area contributed by atoms with E-state index in [0.717, 1.165) is 25.0 Å². The molecule has 5 heteroatoms. The van der Waals surface area contributed by atoms with Gasteiger partial charge in [0, 0.05) is 24.2 Å². The second-order valence-corrected chi connectivity index (χ2v) is 7.06. The van der Waals surface area contributed by atoms with Crippen molar-refractivity contribution < 1.29 is 9.53 Å². The molecule has 2 heterocycles. The highest BCUT2D eigenvalue weighted by Crippen LogP contribution is 2.41. The van der Waals surface area contributed by atoms with E-state index in [1.54, 1.807) is 0 Å². The predicted octanol–water partition coefficient (Wildman–Crippen LogP) is 3.35. The SMILES string of the molecule is CC1c2c(C3C[CH+]C3)n[nH]c2CCN1C(=O)OC(C)(C)C. The van der Waals surface area contributed by atoms with Gasteiger partial charge in [-0.25, -0.2) is 4.79 Å². The minimum absolute atomic E-state index is 0.0259. The molecule has 21 heavy (non-hydrogen) atoms. The van der Waals surface area contributed by atoms with Crippen molar-refractivity contribution in [2.45, 2.75) is 64.5 Å². The van der Waals surface area contributed by atoms with E-state index in [2.05, 4.69) is 23.5 Å². The van der Waals surface area contributed by atoms with Gasteiger partial charge in [0.15, 0.2) is 0 Å². The molecule has 0 bridgehead atoms. The standard InChI is InChI=1S/C16H24N3O2/c1-10-13-12(17-18-14(13)11-6-5-7-11)8-9-19(10)15(20)21-16(2,3)4/h5,10-11H,6-9H2,1-4H3,(H,17,18)/q+1. The summed E-state index contributed by atoms with van der Waals surface area (Å²) in [6, 6.07) is 0.0259. The van der Waals surface area contributed by atoms with E-state index in [1.807, 2.05) is 25.7 Å². The molecule has 5 nitrogen and oxygen atoms in total. The molecule has 1 amide bonds. The molecule has 1 aliphatic carbocycles. The zero-order chi connectivity index (χ0) is 15.2. The monoisotopic (exact) mass is 290 g/mol. The second kappa shape index (κ2) is 4.97. The Morgan fingerprint density at radius 2 is 2.14 bits per heavy atom. The Morgan fingerprint density at radius 3 is 2.71 bits per heavy atom. The number of fused-ring (bicyclic) bond motifs is 1. The molecular weight excluding hydrogens is 266 g/mol. The molecule has 1 aromatic heterocycles. The summed E-state index contributed by atoms with van der Waals surface area (Å²) < 4.78 is 5.53. The summed E-state index contributed by atoms with van der Waals surface area (Å²) in [5.74, 6) is 0.519. The van der Waals surface area contributed by atoms with Crippen molar-refractivity contribution in [3.8, 4) is 0 Å². The van der Waals surface area contributed by atoms with Crippen LogP contribution in [0.3, 0.4) is 0 Å². The molecule has 1 unspecified atom stereocenters. The number of hydrogen-bond acceptors (Lipinski definition) is 3. The summed E-state index contributed by atoms with van der Waals surface area (Å²) in [6.07, 6.45) is 5.06. The Hall–Kier alpha value is -1.65. The fourth-order valence-corrected chi connectivity index (χ4v) is 3.08. The number of rotatable bonds is 1. The number of carbonyl (C=O) groups excluding carboxylic acids is 1. The molecule has 0 saturated heterocycles. The number of nitrogens with zero attached hydrogens (tertiary/aromatic N) is 2. The summed E-state index contributed by atoms with van der Waals surface area (Å²) in [4.78, 5) is 14.2. The third-order valence-electron chi connectivity index (χ3n) is 4.32. The smallest absolute Gasteiger partial charge is 0.410 e. The van der Waals surface area contributed by atoms with Crippen LogP contribution < -0.4 is 0 Å². The number of carbonyl (C=O) groups is 1. The van der Waals surface area contributed by atoms with Crippen molar-refractivity contribution in [3.05, 3.63) is 23.4 Å². The zero-order valence-corrected chi connectivity index (χ0v) is 13.3. The third-order valence-corrected chi connectivity index (χ3v) is 4.32. The molecule has 1 saturated carbocycles. The Labute approximate surface area is 126 Å². The fourth-order valence-electron chi connectivity index (χ4n) is 3.08. The van der Waals surface area contributed by atoms with E-state index in [1.165, 1.54) is 11.3 Å². The van der Waals surface area contributed by atoms with Crippen molar-refractivity contribution in [3.63, 3.8) is 0 Å². The lowest BCUT2D eigenvalue weighted by Gasteiger charge is -2.35. The van der Waals surface area contributed by atoms with Crippen LogP contribution in [0.25, 0.3) is 0 Å². The fraction of sp³-hybridized carbons (Fsp3) is 0.688. The number of amides is 1. The average molecular weight is 290 g/mol. The number of aromatic nitrogens is 2. The lowest BCUT2D eigenvalue weighted by atomic mass is 9.79. The molecule has 0 spiro atoms. The highest BCUT2D eigenvalue weighted by atomic mass is 16.6. The van der Waals surface area contributed by atoms with Gasteiger partial charge in [0.2, 0.25) is 0 Å². The first-order valence-electron chi connectivity index (χ1n) is 7.75. The van der Waals surface area contributed by atoms with Crippen molar-refractivity contribution in [2.75, 3.05) is 6.54 Å². The largest absolute Gasteiger partial charge is 0.444 e. The molecule has 1 atom stereocenters. The number of ether oxygens (including phenoxy) is 1. The molecule has 1 fully saturated rings. The van der Waals surface area contributed by atoms with E-state index in [-0.39, 0.29) is 12.1 Å². The molecular formula is C16H24N3O2+. The van der Waals surface area contributed by atoms with Crippen LogP contribution in [-0.4, -0.2) is 33.3 Å². The van der Waals surface area contributed by atoms with Crippen LogP contribution >= 0.6 is 0 Å². The van der Waals surface area contributed by atoms with E-state index >= 15 is 0 Å². The Balaban J connectivity index is 1.82. The van der Waals surface area contributed by atoms with Crippen molar-refractivity contribution in [1.82, 2.24) is 15.1 Å². The summed E-state index contributed by atoms with van der Waals surface area (Å²) in [5.41, 5.74) is 3.09. The lowest BCUT2D eigenvalue weighted by Crippen LogP contribution is -2.42. The van der Waals surface area contributed by atoms with Crippen LogP contribution in [0, 0.1) is 6.42 Å². The highest BCUT2D eigenvalue weighted by molar-refractivity contribution is 5.69. The van der Waals surface area contributed by atoms with Gasteiger partial charge in [0.25, 0.3) is 0 Å². The van der Waals surface area contributed by atoms with Crippen LogP contribution in [0.1, 0.15) is 69.4 Å². The van der Waals surface area contributed by atoms with Gasteiger partial charge in [0.1, 0.15) is 18.4 Å². The summed E-state index contributed by atoms with van der Waals surface area (Å²) >= 11 is 0. The first-order valence-corrected chi connectivity index (χ1v) is 7.75. The quantitative estimate of drug-likeness (QED) is 0.807. The van der Waals surface area contributed by atoms with Gasteiger partial charge >= 0.3 is 6.09 Å². The van der Waals surface area contributed by atoms with E-state index in [4.69, 9.17) is 4.74 Å². The molecule has 1 aromatic rings. The molecule has 0 radical (unpaired) electrons. The minimum atomic E-state index is -0.459. The molecule has 0 aromatic carbocycles. The predicted molar refractivity (Wildman–Crippen MR) is 79.9 cm³/mol. The first kappa shape index (κ1) is 14.3. The number of nitrogens with one attached hydrogen (secondary N) is 1. The Kier molecular flexibility index (Phi) is 3.38. The van der Waals surface area contributed by atoms with E-state index in [0.29, 0.717) is 12.5 Å². The Bertz CT molecular complexity index is 540. The van der Waals surface area contributed by atoms with Crippen LogP contribution in [0.4, 0.5) is 4.79 Å². The maximum atomic E-state index is 12.4. The van der Waals surface area contributed by atoms with Gasteiger partial charge in [0.05, 0.1) is 24.1 Å². The summed E-state index contributed by atoms with van der Waals surface area (Å²) in [6.45, 7) is 8.46. The average Bonchev–Trinajstić information content (AvgIpc) is 2.69. The van der Waals surface area contributed by atoms with Crippen LogP contribution in [0.5, 0.6) is 0 Å². The lowest BCUT2D eigenvalue weighted by molar-refractivity contribution is 0.0158. The maximum Gasteiger partial charge on any atom is 0.410 e. The number of hydrogen-bond donors (Lipinski definition) is 1. The number of aromatic amines is 1. The van der Waals surface area contributed by atoms with Crippen LogP contribution in [0.15, 0.2) is 0 Å². The van der Waals surface area contributed by atoms with Crippen molar-refractivity contribution in [2.24, 2.45) is 0 Å². The van der Waals surface area contributed by atoms with Crippen LogP contribution in [-0.2, 0) is 11.2 Å². The third kappa shape index (κ3) is 2.61. The maximum absolute atomic E-state index is 12.4. The molecule has 2 aliphatic rings.